The summed E-state index contributed by atoms with van der Waals surface area (Å²) in [6, 6.07) is 0. The molecule has 10 heteroatoms. The van der Waals surface area contributed by atoms with Crippen LogP contribution in [0.2, 0.25) is 0 Å². The third-order valence-corrected chi connectivity index (χ3v) is 6.57. The zero-order valence-electron chi connectivity index (χ0n) is 11.9. The molecule has 2 atom stereocenters. The van der Waals surface area contributed by atoms with E-state index in [-0.39, 0.29) is 9.81 Å². The van der Waals surface area contributed by atoms with Gasteiger partial charge >= 0.3 is 0 Å². The quantitative estimate of drug-likeness (QED) is 0.290. The highest BCUT2D eigenvalue weighted by molar-refractivity contribution is 8.00. The lowest BCUT2D eigenvalue weighted by Gasteiger charge is -2.17. The summed E-state index contributed by atoms with van der Waals surface area (Å²) in [5, 5.41) is 0. The van der Waals surface area contributed by atoms with Gasteiger partial charge in [0.05, 0.1) is 0 Å². The van der Waals surface area contributed by atoms with E-state index in [1.165, 1.54) is 0 Å². The predicted octanol–water partition coefficient (Wildman–Crippen LogP) is 6.04. The SMILES string of the molecule is CC(C)=C=C(C(=C=C(C)C)S(=O)C(Cl)(Cl)Cl)S(=O)C(Cl)(Cl)Cl. The Labute approximate surface area is 165 Å². The fourth-order valence-corrected chi connectivity index (χ4v) is 4.40. The summed E-state index contributed by atoms with van der Waals surface area (Å²) in [6.07, 6.45) is 0. The van der Waals surface area contributed by atoms with E-state index >= 15 is 0 Å². The van der Waals surface area contributed by atoms with Gasteiger partial charge in [-0.3, -0.25) is 0 Å². The average Bonchev–Trinajstić information content (AvgIpc) is 2.28. The largest absolute Gasteiger partial charge is 0.271 e. The predicted molar refractivity (Wildman–Crippen MR) is 101 cm³/mol. The fraction of sp³-hybridized carbons (Fsp3) is 0.500. The molecule has 0 aromatic heterocycles. The number of hydrogen-bond donors (Lipinski definition) is 0. The van der Waals surface area contributed by atoms with Crippen molar-refractivity contribution in [3.05, 3.63) is 32.4 Å². The molecule has 2 unspecified atom stereocenters. The van der Waals surface area contributed by atoms with Crippen LogP contribution in [0, 0.1) is 0 Å². The molecule has 0 spiro atoms. The molecule has 0 aliphatic rings. The van der Waals surface area contributed by atoms with E-state index in [0.717, 1.165) is 0 Å². The lowest BCUT2D eigenvalue weighted by molar-refractivity contribution is 0.684. The van der Waals surface area contributed by atoms with Crippen LogP contribution in [-0.2, 0) is 21.6 Å². The summed E-state index contributed by atoms with van der Waals surface area (Å²) >= 11 is 34.1. The number of alkyl halides is 6. The van der Waals surface area contributed by atoms with Crippen molar-refractivity contribution in [2.24, 2.45) is 0 Å². The smallest absolute Gasteiger partial charge is 0.249 e. The van der Waals surface area contributed by atoms with Crippen LogP contribution in [0.25, 0.3) is 0 Å². The maximum Gasteiger partial charge on any atom is 0.271 e. The van der Waals surface area contributed by atoms with E-state index in [1.807, 2.05) is 0 Å². The molecule has 0 fully saturated rings. The molecule has 0 aromatic rings. The highest BCUT2D eigenvalue weighted by atomic mass is 35.6. The van der Waals surface area contributed by atoms with Gasteiger partial charge in [-0.2, -0.15) is 0 Å². The van der Waals surface area contributed by atoms with E-state index in [9.17, 15) is 8.42 Å². The van der Waals surface area contributed by atoms with Crippen molar-refractivity contribution in [3.63, 3.8) is 0 Å². The maximum atomic E-state index is 12.4. The first kappa shape index (κ1) is 23.1. The van der Waals surface area contributed by atoms with Gasteiger partial charge in [0.1, 0.15) is 31.4 Å². The molecule has 0 saturated heterocycles. The molecule has 0 aliphatic carbocycles. The van der Waals surface area contributed by atoms with Crippen molar-refractivity contribution in [1.29, 1.82) is 0 Å². The summed E-state index contributed by atoms with van der Waals surface area (Å²) in [4.78, 5) is -0.295. The average molecular weight is 465 g/mol. The van der Waals surface area contributed by atoms with Crippen LogP contribution in [0.15, 0.2) is 32.4 Å². The second-order valence-electron chi connectivity index (χ2n) is 4.34. The molecule has 0 aliphatic heterocycles. The lowest BCUT2D eigenvalue weighted by Crippen LogP contribution is -2.20. The first-order valence-electron chi connectivity index (χ1n) is 5.53. The minimum absolute atomic E-state index is 0.147. The molecular formula is C12H12Cl6O2S2. The molecule has 0 rings (SSSR count). The Kier molecular flexibility index (Phi) is 9.41. The minimum atomic E-state index is -2.20. The van der Waals surface area contributed by atoms with Gasteiger partial charge in [-0.1, -0.05) is 69.6 Å². The van der Waals surface area contributed by atoms with Crippen LogP contribution in [0.1, 0.15) is 27.7 Å². The molecular weight excluding hydrogens is 453 g/mol. The maximum absolute atomic E-state index is 12.4. The van der Waals surface area contributed by atoms with E-state index in [0.29, 0.717) is 11.1 Å². The highest BCUT2D eigenvalue weighted by Gasteiger charge is 2.40. The molecule has 126 valence electrons. The Morgan fingerprint density at radius 3 is 1.05 bits per heavy atom. The minimum Gasteiger partial charge on any atom is -0.249 e. The van der Waals surface area contributed by atoms with Gasteiger partial charge in [-0.05, 0) is 38.8 Å². The first-order valence-corrected chi connectivity index (χ1v) is 10.1. The van der Waals surface area contributed by atoms with Crippen molar-refractivity contribution in [2.45, 2.75) is 33.9 Å². The molecule has 0 saturated carbocycles. The van der Waals surface area contributed by atoms with E-state index in [4.69, 9.17) is 69.6 Å². The fourth-order valence-electron chi connectivity index (χ4n) is 1.06. The highest BCUT2D eigenvalue weighted by Crippen LogP contribution is 2.41. The van der Waals surface area contributed by atoms with Gasteiger partial charge in [-0.15, -0.1) is 11.5 Å². The molecule has 0 amide bonds. The molecule has 22 heavy (non-hydrogen) atoms. The number of hydrogen-bond acceptors (Lipinski definition) is 2. The van der Waals surface area contributed by atoms with Gasteiger partial charge in [0, 0.05) is 0 Å². The van der Waals surface area contributed by atoms with E-state index in [1.54, 1.807) is 27.7 Å². The van der Waals surface area contributed by atoms with Crippen molar-refractivity contribution in [1.82, 2.24) is 0 Å². The van der Waals surface area contributed by atoms with Gasteiger partial charge < -0.3 is 0 Å². The second-order valence-corrected chi connectivity index (χ2v) is 13.4. The first-order chi connectivity index (χ1) is 9.67. The monoisotopic (exact) mass is 462 g/mol. The topological polar surface area (TPSA) is 34.1 Å². The molecule has 0 bridgehead atoms. The van der Waals surface area contributed by atoms with Gasteiger partial charge in [-0.25, -0.2) is 8.42 Å². The van der Waals surface area contributed by atoms with Crippen LogP contribution in [0.5, 0.6) is 0 Å². The van der Waals surface area contributed by atoms with Gasteiger partial charge in [0.2, 0.25) is 0 Å². The van der Waals surface area contributed by atoms with Crippen LogP contribution >= 0.6 is 69.6 Å². The van der Waals surface area contributed by atoms with Crippen LogP contribution in [0.4, 0.5) is 0 Å². The number of halogens is 6. The Balaban J connectivity index is 6.69. The summed E-state index contributed by atoms with van der Waals surface area (Å²) in [5.41, 5.74) is 6.69. The summed E-state index contributed by atoms with van der Waals surface area (Å²) in [6.45, 7) is 6.70. The second kappa shape index (κ2) is 8.97. The van der Waals surface area contributed by atoms with Crippen molar-refractivity contribution in [3.8, 4) is 0 Å². The third-order valence-electron chi connectivity index (χ3n) is 1.72. The third kappa shape index (κ3) is 7.77. The summed E-state index contributed by atoms with van der Waals surface area (Å²) < 4.78 is 20.5. The van der Waals surface area contributed by atoms with Crippen molar-refractivity contribution < 1.29 is 8.42 Å². The molecule has 0 heterocycles. The summed E-state index contributed by atoms with van der Waals surface area (Å²) in [5.74, 6) is 0. The summed E-state index contributed by atoms with van der Waals surface area (Å²) in [7, 11) is -4.40. The molecule has 2 nitrogen and oxygen atoms in total. The Morgan fingerprint density at radius 2 is 0.909 bits per heavy atom. The van der Waals surface area contributed by atoms with Crippen molar-refractivity contribution >= 4 is 91.2 Å². The Hall–Kier alpha value is 1.08. The lowest BCUT2D eigenvalue weighted by atomic mass is 10.3. The molecule has 0 aromatic carbocycles. The van der Waals surface area contributed by atoms with Crippen molar-refractivity contribution in [2.75, 3.05) is 0 Å². The van der Waals surface area contributed by atoms with E-state index < -0.39 is 27.8 Å². The number of rotatable bonds is 3. The van der Waals surface area contributed by atoms with E-state index in [2.05, 4.69) is 11.5 Å². The normalized spacial score (nSPS) is 14.5. The molecule has 0 N–H and O–H groups in total. The van der Waals surface area contributed by atoms with Gasteiger partial charge in [0.15, 0.2) is 0 Å². The Morgan fingerprint density at radius 1 is 0.682 bits per heavy atom. The van der Waals surface area contributed by atoms with Crippen LogP contribution < -0.4 is 0 Å². The van der Waals surface area contributed by atoms with Crippen LogP contribution in [-0.4, -0.2) is 14.7 Å². The zero-order chi connectivity index (χ0) is 17.9. The molecule has 0 radical (unpaired) electrons. The Bertz CT molecular complexity index is 563. The zero-order valence-corrected chi connectivity index (χ0v) is 18.1. The van der Waals surface area contributed by atoms with Gasteiger partial charge in [0.25, 0.3) is 6.25 Å². The standard InChI is InChI=1S/C12H12Cl6O2S2/c1-7(2)5-9(21(19)11(13,14)15)10(6-8(3)4)22(20)12(16,17)18/h1-4H3. The van der Waals surface area contributed by atoms with Crippen LogP contribution in [0.3, 0.4) is 0 Å².